The van der Waals surface area contributed by atoms with E-state index < -0.39 is 0 Å². The van der Waals surface area contributed by atoms with Crippen molar-refractivity contribution in [1.82, 2.24) is 40.5 Å². The maximum Gasteiger partial charge on any atom is 0.152 e. The normalized spacial score (nSPS) is 21.6. The molecule has 0 aromatic carbocycles. The predicted octanol–water partition coefficient (Wildman–Crippen LogP) is 3.90. The van der Waals surface area contributed by atoms with Crippen LogP contribution in [0.3, 0.4) is 0 Å². The summed E-state index contributed by atoms with van der Waals surface area (Å²) in [6, 6.07) is 0.679. The van der Waals surface area contributed by atoms with Crippen LogP contribution in [0, 0.1) is 0 Å². The summed E-state index contributed by atoms with van der Waals surface area (Å²) in [7, 11) is 0. The molecule has 0 radical (unpaired) electrons. The van der Waals surface area contributed by atoms with Crippen molar-refractivity contribution in [2.24, 2.45) is 0 Å². The van der Waals surface area contributed by atoms with Gasteiger partial charge in [-0.15, -0.1) is 22.7 Å². The van der Waals surface area contributed by atoms with Crippen molar-refractivity contribution < 1.29 is 0 Å². The minimum Gasteiger partial charge on any atom is -0.340 e. The highest BCUT2D eigenvalue weighted by Crippen LogP contribution is 2.37. The van der Waals surface area contributed by atoms with Gasteiger partial charge in [-0.05, 0) is 38.8 Å². The molecule has 6 heterocycles. The highest BCUT2D eigenvalue weighted by molar-refractivity contribution is 7.24. The zero-order valence-corrected chi connectivity index (χ0v) is 17.9. The second-order valence-electron chi connectivity index (χ2n) is 7.72. The fourth-order valence-corrected chi connectivity index (χ4v) is 5.90. The summed E-state index contributed by atoms with van der Waals surface area (Å²) in [6.07, 6.45) is 12.3. The van der Waals surface area contributed by atoms with Crippen molar-refractivity contribution in [3.05, 3.63) is 36.4 Å². The second kappa shape index (κ2) is 7.69. The quantitative estimate of drug-likeness (QED) is 0.376. The van der Waals surface area contributed by atoms with E-state index in [9.17, 15) is 0 Å². The first-order valence-electron chi connectivity index (χ1n) is 10.3. The first kappa shape index (κ1) is 18.4. The van der Waals surface area contributed by atoms with Gasteiger partial charge in [0.25, 0.3) is 0 Å². The maximum absolute atomic E-state index is 4.61. The molecule has 4 N–H and O–H groups in total. The van der Waals surface area contributed by atoms with Crippen LogP contribution in [0.5, 0.6) is 0 Å². The fourth-order valence-electron chi connectivity index (χ4n) is 4.11. The molecule has 2 aliphatic rings. The van der Waals surface area contributed by atoms with E-state index in [-0.39, 0.29) is 0 Å². The standard InChI is InChI=1S/C20H22N8S2/c1-3-11(21-5-1)17-23-7-13(27-17)15-9-25-19(29-15)20-26-10-16(30-20)14-8-24-18(28-14)12-4-2-6-22-12/h7-12,21-22H,1-6H2,(H,23,27)(H,24,28)/t11-,12-/m0/s1. The van der Waals surface area contributed by atoms with Crippen LogP contribution in [0.4, 0.5) is 0 Å². The van der Waals surface area contributed by atoms with E-state index in [2.05, 4.69) is 40.5 Å². The smallest absolute Gasteiger partial charge is 0.152 e. The van der Waals surface area contributed by atoms with Gasteiger partial charge in [0.2, 0.25) is 0 Å². The Morgan fingerprint density at radius 2 is 1.17 bits per heavy atom. The number of hydrogen-bond acceptors (Lipinski definition) is 8. The Bertz CT molecular complexity index is 1050. The molecule has 4 aromatic rings. The van der Waals surface area contributed by atoms with Crippen molar-refractivity contribution in [3.8, 4) is 31.2 Å². The molecule has 30 heavy (non-hydrogen) atoms. The first-order valence-corrected chi connectivity index (χ1v) is 12.0. The number of hydrogen-bond donors (Lipinski definition) is 4. The summed E-state index contributed by atoms with van der Waals surface area (Å²) < 4.78 is 0. The van der Waals surface area contributed by atoms with Crippen molar-refractivity contribution in [2.75, 3.05) is 13.1 Å². The van der Waals surface area contributed by atoms with Gasteiger partial charge in [-0.2, -0.15) is 0 Å². The Morgan fingerprint density at radius 3 is 1.60 bits per heavy atom. The molecule has 8 nitrogen and oxygen atoms in total. The van der Waals surface area contributed by atoms with E-state index >= 15 is 0 Å². The number of nitrogens with zero attached hydrogens (tertiary/aromatic N) is 4. The lowest BCUT2D eigenvalue weighted by Crippen LogP contribution is -2.14. The topological polar surface area (TPSA) is 107 Å². The predicted molar refractivity (Wildman–Crippen MR) is 118 cm³/mol. The molecular formula is C20H22N8S2. The number of thiazole rings is 2. The largest absolute Gasteiger partial charge is 0.340 e. The van der Waals surface area contributed by atoms with Gasteiger partial charge in [0, 0.05) is 12.4 Å². The number of imidazole rings is 2. The van der Waals surface area contributed by atoms with E-state index in [1.165, 1.54) is 12.8 Å². The van der Waals surface area contributed by atoms with Crippen molar-refractivity contribution in [2.45, 2.75) is 37.8 Å². The molecule has 4 aromatic heterocycles. The van der Waals surface area contributed by atoms with Gasteiger partial charge in [0.1, 0.15) is 11.6 Å². The van der Waals surface area contributed by atoms with E-state index in [4.69, 9.17) is 0 Å². The lowest BCUT2D eigenvalue weighted by Gasteiger charge is -2.04. The third kappa shape index (κ3) is 3.39. The van der Waals surface area contributed by atoms with E-state index in [1.807, 2.05) is 24.8 Å². The number of aromatic nitrogens is 6. The molecule has 10 heteroatoms. The molecular weight excluding hydrogens is 416 g/mol. The van der Waals surface area contributed by atoms with Gasteiger partial charge < -0.3 is 20.6 Å². The van der Waals surface area contributed by atoms with Gasteiger partial charge in [-0.25, -0.2) is 19.9 Å². The first-order chi connectivity index (χ1) is 14.8. The molecule has 2 aliphatic heterocycles. The zero-order valence-electron chi connectivity index (χ0n) is 16.3. The Hall–Kier alpha value is -2.40. The third-order valence-corrected chi connectivity index (χ3v) is 7.90. The highest BCUT2D eigenvalue weighted by atomic mass is 32.1. The molecule has 0 saturated carbocycles. The van der Waals surface area contributed by atoms with Crippen LogP contribution in [0.2, 0.25) is 0 Å². The Labute approximate surface area is 181 Å². The number of H-pyrrole nitrogens is 2. The van der Waals surface area contributed by atoms with Crippen molar-refractivity contribution in [3.63, 3.8) is 0 Å². The van der Waals surface area contributed by atoms with Crippen LogP contribution in [-0.4, -0.2) is 43.0 Å². The Kier molecular flexibility index (Phi) is 4.71. The van der Waals surface area contributed by atoms with Crippen molar-refractivity contribution >= 4 is 22.7 Å². The Balaban J connectivity index is 1.21. The second-order valence-corrected chi connectivity index (χ2v) is 9.78. The van der Waals surface area contributed by atoms with Crippen LogP contribution < -0.4 is 10.6 Å². The lowest BCUT2D eigenvalue weighted by molar-refractivity contribution is 0.613. The van der Waals surface area contributed by atoms with Gasteiger partial charge in [0.15, 0.2) is 10.0 Å². The number of aromatic amines is 2. The lowest BCUT2D eigenvalue weighted by atomic mass is 10.2. The molecule has 0 aliphatic carbocycles. The van der Waals surface area contributed by atoms with Crippen LogP contribution in [-0.2, 0) is 0 Å². The van der Waals surface area contributed by atoms with Gasteiger partial charge in [-0.3, -0.25) is 0 Å². The number of rotatable bonds is 5. The van der Waals surface area contributed by atoms with Gasteiger partial charge >= 0.3 is 0 Å². The summed E-state index contributed by atoms with van der Waals surface area (Å²) in [5.41, 5.74) is 2.03. The molecule has 2 fully saturated rings. The van der Waals surface area contributed by atoms with Gasteiger partial charge in [-0.1, -0.05) is 0 Å². The summed E-state index contributed by atoms with van der Waals surface area (Å²) in [4.78, 5) is 27.4. The fraction of sp³-hybridized carbons (Fsp3) is 0.400. The van der Waals surface area contributed by atoms with Crippen LogP contribution in [0.25, 0.3) is 31.2 Å². The van der Waals surface area contributed by atoms with Gasteiger partial charge in [0.05, 0.1) is 45.6 Å². The zero-order chi connectivity index (χ0) is 19.9. The van der Waals surface area contributed by atoms with E-state index in [1.54, 1.807) is 22.7 Å². The molecule has 0 spiro atoms. The summed E-state index contributed by atoms with van der Waals surface area (Å²) >= 11 is 3.28. The molecule has 6 rings (SSSR count). The third-order valence-electron chi connectivity index (χ3n) is 5.70. The van der Waals surface area contributed by atoms with E-state index in [0.717, 1.165) is 68.7 Å². The molecule has 0 amide bonds. The molecule has 0 bridgehead atoms. The minimum atomic E-state index is 0.339. The molecule has 2 saturated heterocycles. The Morgan fingerprint density at radius 1 is 0.667 bits per heavy atom. The van der Waals surface area contributed by atoms with Crippen LogP contribution in [0.15, 0.2) is 24.8 Å². The SMILES string of the molecule is c1nc([C@@H]2CCCN2)[nH]c1-c1cnc(-c2ncc(-c3cnc([C@@H]4CCCN4)[nH]3)s2)s1. The van der Waals surface area contributed by atoms with E-state index in [0.29, 0.717) is 12.1 Å². The maximum atomic E-state index is 4.61. The molecule has 2 atom stereocenters. The summed E-state index contributed by atoms with van der Waals surface area (Å²) in [5, 5.41) is 8.81. The van der Waals surface area contributed by atoms with Crippen molar-refractivity contribution in [1.29, 1.82) is 0 Å². The average molecular weight is 439 g/mol. The molecule has 154 valence electrons. The number of nitrogens with one attached hydrogen (secondary N) is 4. The van der Waals surface area contributed by atoms with Crippen LogP contribution in [0.1, 0.15) is 49.4 Å². The van der Waals surface area contributed by atoms with Crippen LogP contribution >= 0.6 is 22.7 Å². The average Bonchev–Trinajstić information content (AvgIpc) is 3.62. The summed E-state index contributed by atoms with van der Waals surface area (Å²) in [5.74, 6) is 2.03. The monoisotopic (exact) mass is 438 g/mol. The highest BCUT2D eigenvalue weighted by Gasteiger charge is 2.21. The minimum absolute atomic E-state index is 0.339. The summed E-state index contributed by atoms with van der Waals surface area (Å²) in [6.45, 7) is 2.12. The molecule has 0 unspecified atom stereocenters.